The minimum absolute atomic E-state index is 0.0263. The monoisotopic (exact) mass is 1040 g/mol. The first kappa shape index (κ1) is 52.1. The van der Waals surface area contributed by atoms with Gasteiger partial charge in [-0.3, -0.25) is 24.6 Å². The van der Waals surface area contributed by atoms with Crippen LogP contribution in [0.3, 0.4) is 0 Å². The molecule has 72 heavy (non-hydrogen) atoms. The number of fused-ring (bicyclic) bond motifs is 1. The van der Waals surface area contributed by atoms with E-state index in [-0.39, 0.29) is 51.8 Å². The average molecular weight is 1040 g/mol. The van der Waals surface area contributed by atoms with E-state index in [9.17, 15) is 41.3 Å². The number of H-pyrrole nitrogens is 1. The average Bonchev–Trinajstić information content (AvgIpc) is 3.81. The first-order valence-electron chi connectivity index (χ1n) is 23.5. The number of sulfonamides is 1. The van der Waals surface area contributed by atoms with Crippen LogP contribution in [0.1, 0.15) is 67.4 Å². The number of aromatic nitrogens is 2. The molecule has 1 atom stereocenters. The first-order valence-corrected chi connectivity index (χ1v) is 25.4. The van der Waals surface area contributed by atoms with Gasteiger partial charge < -0.3 is 34.3 Å². The fraction of sp³-hybridized carbons (Fsp3) is 0.420. The lowest BCUT2D eigenvalue weighted by Crippen LogP contribution is -2.47. The van der Waals surface area contributed by atoms with Crippen LogP contribution in [-0.2, 0) is 30.5 Å². The van der Waals surface area contributed by atoms with Gasteiger partial charge in [0, 0.05) is 93.9 Å². The van der Waals surface area contributed by atoms with Crippen LogP contribution in [0, 0.1) is 15.5 Å². The van der Waals surface area contributed by atoms with Gasteiger partial charge in [-0.15, -0.1) is 0 Å². The molecule has 2 aliphatic heterocycles. The summed E-state index contributed by atoms with van der Waals surface area (Å²) in [5.41, 5.74) is 2.63. The Hall–Kier alpha value is -6.26. The molecular formula is C50H56ClF3N8O9S. The topological polar surface area (TPSA) is 202 Å². The van der Waals surface area contributed by atoms with Gasteiger partial charge in [0.1, 0.15) is 29.4 Å². The van der Waals surface area contributed by atoms with E-state index in [4.69, 9.17) is 25.8 Å². The van der Waals surface area contributed by atoms with Crippen molar-refractivity contribution >= 4 is 67.1 Å². The second-order valence-electron chi connectivity index (χ2n) is 19.0. The number of allylic oxidation sites excluding steroid dienone is 1. The number of halogens is 4. The SMILES string of the molecule is COCC(=O)N1CCOC(CCCNc2ccc(S(=O)(=O)NC(=O)c3ccc(N4CCN(CC5=C(c6ccc(C(F)(F)F)cc6Cl)CC(C)(C)CC5)CC4)cc3Oc3cnc4[nH]ccc4c3)cc2[N+](=O)[O-])C1. The molecule has 5 aromatic rings. The highest BCUT2D eigenvalue weighted by molar-refractivity contribution is 7.90. The number of carbonyl (C=O) groups is 2. The number of nitrogens with zero attached hydrogens (tertiary/aromatic N) is 5. The normalized spacial score (nSPS) is 17.8. The van der Waals surface area contributed by atoms with Gasteiger partial charge in [-0.05, 0) is 97.2 Å². The molecule has 4 heterocycles. The summed E-state index contributed by atoms with van der Waals surface area (Å²) in [4.78, 5) is 50.8. The fourth-order valence-electron chi connectivity index (χ4n) is 9.35. The Morgan fingerprint density at radius 3 is 2.57 bits per heavy atom. The maximum atomic E-state index is 14.0. The maximum absolute atomic E-state index is 14.0. The van der Waals surface area contributed by atoms with Gasteiger partial charge in [0.05, 0.1) is 39.9 Å². The van der Waals surface area contributed by atoms with Crippen LogP contribution in [0.5, 0.6) is 11.5 Å². The third-order valence-electron chi connectivity index (χ3n) is 13.3. The Labute approximate surface area is 419 Å². The Balaban J connectivity index is 0.959. The molecule has 8 rings (SSSR count). The van der Waals surface area contributed by atoms with E-state index >= 15 is 0 Å². The van der Waals surface area contributed by atoms with E-state index in [0.717, 1.165) is 47.6 Å². The van der Waals surface area contributed by atoms with Crippen molar-refractivity contribution in [1.29, 1.82) is 0 Å². The summed E-state index contributed by atoms with van der Waals surface area (Å²) in [5.74, 6) is -0.866. The molecule has 2 amide bonds. The smallest absolute Gasteiger partial charge is 0.416 e. The molecule has 2 saturated heterocycles. The molecule has 0 radical (unpaired) electrons. The lowest BCUT2D eigenvalue weighted by Gasteiger charge is -2.39. The number of nitro groups is 1. The number of hydrogen-bond donors (Lipinski definition) is 3. The predicted octanol–water partition coefficient (Wildman–Crippen LogP) is 8.91. The van der Waals surface area contributed by atoms with Crippen molar-refractivity contribution in [2.24, 2.45) is 5.41 Å². The number of methoxy groups -OCH3 is 1. The molecule has 22 heteroatoms. The van der Waals surface area contributed by atoms with Gasteiger partial charge in [-0.25, -0.2) is 18.1 Å². The number of ether oxygens (including phenoxy) is 3. The zero-order valence-corrected chi connectivity index (χ0v) is 41.6. The van der Waals surface area contributed by atoms with Crippen molar-refractivity contribution in [3.05, 3.63) is 117 Å². The van der Waals surface area contributed by atoms with Crippen LogP contribution >= 0.6 is 11.6 Å². The molecule has 2 fully saturated rings. The number of rotatable bonds is 17. The summed E-state index contributed by atoms with van der Waals surface area (Å²) >= 11 is 6.54. The molecule has 1 aliphatic carbocycles. The van der Waals surface area contributed by atoms with Crippen LogP contribution in [0.2, 0.25) is 5.02 Å². The zero-order valence-electron chi connectivity index (χ0n) is 40.0. The van der Waals surface area contributed by atoms with E-state index < -0.39 is 43.2 Å². The number of alkyl halides is 3. The molecule has 3 aromatic carbocycles. The van der Waals surface area contributed by atoms with Gasteiger partial charge in [0.2, 0.25) is 5.91 Å². The van der Waals surface area contributed by atoms with Crippen LogP contribution in [-0.4, -0.2) is 124 Å². The minimum atomic E-state index is -4.67. The third-order valence-corrected chi connectivity index (χ3v) is 14.9. The predicted molar refractivity (Wildman–Crippen MR) is 266 cm³/mol. The standard InChI is InChI=1S/C50H56ClF3N8O9S/c1-49(2)14-12-33(41(27-49)39-9-6-34(24-42(39)51)50(52,53)54)29-59-17-19-60(20-18-59)35-7-10-40(45(25-35)71-37-23-32-13-16-56-47(32)57-28-37)48(64)58-72(67,68)38-8-11-43(44(26-38)62(65)66)55-15-4-5-36-30-61(21-22-70-36)46(63)31-69-3/h6-11,13,16,23-26,28,36,55H,4-5,12,14-15,17-22,27,29-31H2,1-3H3,(H,56,57)(H,58,64). The number of carbonyl (C=O) groups excluding carboxylic acids is 2. The second kappa shape index (κ2) is 21.8. The van der Waals surface area contributed by atoms with E-state index in [1.807, 2.05) is 0 Å². The summed E-state index contributed by atoms with van der Waals surface area (Å²) < 4.78 is 87.2. The number of anilines is 2. The number of nitrogens with one attached hydrogen (secondary N) is 3. The largest absolute Gasteiger partial charge is 0.455 e. The Kier molecular flexibility index (Phi) is 15.8. The molecule has 1 unspecified atom stereocenters. The van der Waals surface area contributed by atoms with Gasteiger partial charge in [-0.1, -0.05) is 37.1 Å². The van der Waals surface area contributed by atoms with Gasteiger partial charge in [0.25, 0.3) is 21.6 Å². The molecule has 2 aromatic heterocycles. The summed E-state index contributed by atoms with van der Waals surface area (Å²) in [6.45, 7) is 8.83. The number of benzene rings is 3. The van der Waals surface area contributed by atoms with Gasteiger partial charge in [0.15, 0.2) is 0 Å². The summed E-state index contributed by atoms with van der Waals surface area (Å²) in [6.07, 6.45) is 1.92. The quantitative estimate of drug-likeness (QED) is 0.0453. The fourth-order valence-corrected chi connectivity index (χ4v) is 10.6. The van der Waals surface area contributed by atoms with Crippen LogP contribution < -0.4 is 19.7 Å². The molecule has 0 saturated carbocycles. The van der Waals surface area contributed by atoms with E-state index in [2.05, 4.69) is 43.7 Å². The molecule has 3 aliphatic rings. The summed E-state index contributed by atoms with van der Waals surface area (Å²) in [7, 11) is -3.22. The molecular weight excluding hydrogens is 981 g/mol. The maximum Gasteiger partial charge on any atom is 0.416 e. The van der Waals surface area contributed by atoms with Crippen LogP contribution in [0.15, 0.2) is 89.6 Å². The van der Waals surface area contributed by atoms with Gasteiger partial charge in [-0.2, -0.15) is 13.2 Å². The molecule has 0 spiro atoms. The zero-order chi connectivity index (χ0) is 51.4. The Morgan fingerprint density at radius 2 is 1.83 bits per heavy atom. The number of amides is 2. The molecule has 384 valence electrons. The van der Waals surface area contributed by atoms with Gasteiger partial charge >= 0.3 is 6.18 Å². The van der Waals surface area contributed by atoms with E-state index in [1.165, 1.54) is 37.6 Å². The molecule has 0 bridgehead atoms. The van der Waals surface area contributed by atoms with Crippen molar-refractivity contribution in [3.63, 3.8) is 0 Å². The van der Waals surface area contributed by atoms with Crippen molar-refractivity contribution in [3.8, 4) is 11.5 Å². The summed E-state index contributed by atoms with van der Waals surface area (Å²) in [6, 6.07) is 15.2. The number of hydrogen-bond acceptors (Lipinski definition) is 13. The first-order chi connectivity index (χ1) is 34.3. The van der Waals surface area contributed by atoms with Crippen molar-refractivity contribution in [2.75, 3.05) is 82.9 Å². The lowest BCUT2D eigenvalue weighted by molar-refractivity contribution is -0.384. The van der Waals surface area contributed by atoms with E-state index in [1.54, 1.807) is 35.4 Å². The van der Waals surface area contributed by atoms with Crippen LogP contribution in [0.25, 0.3) is 16.6 Å². The number of nitro benzene ring substituents is 1. The third kappa shape index (κ3) is 12.5. The van der Waals surface area contributed by atoms with E-state index in [0.29, 0.717) is 95.1 Å². The Morgan fingerprint density at radius 1 is 1.04 bits per heavy atom. The Bertz CT molecular complexity index is 2980. The number of pyridine rings is 1. The van der Waals surface area contributed by atoms with Crippen molar-refractivity contribution in [2.45, 2.75) is 63.1 Å². The number of morpholine rings is 1. The second-order valence-corrected chi connectivity index (χ2v) is 21.0. The minimum Gasteiger partial charge on any atom is -0.455 e. The molecule has 3 N–H and O–H groups in total. The highest BCUT2D eigenvalue weighted by Crippen LogP contribution is 2.46. The van der Waals surface area contributed by atoms with Crippen LogP contribution in [0.4, 0.5) is 30.2 Å². The summed E-state index contributed by atoms with van der Waals surface area (Å²) in [5, 5.41) is 16.0. The highest BCUT2D eigenvalue weighted by atomic mass is 35.5. The molecule has 17 nitrogen and oxygen atoms in total. The van der Waals surface area contributed by atoms with Crippen molar-refractivity contribution < 1.29 is 50.3 Å². The lowest BCUT2D eigenvalue weighted by atomic mass is 9.72. The highest BCUT2D eigenvalue weighted by Gasteiger charge is 2.34. The number of piperazine rings is 1. The van der Waals surface area contributed by atoms with Crippen molar-refractivity contribution in [1.82, 2.24) is 24.5 Å². The number of aromatic amines is 1.